The van der Waals surface area contributed by atoms with Crippen molar-refractivity contribution >= 4 is 22.6 Å². The summed E-state index contributed by atoms with van der Waals surface area (Å²) in [6, 6.07) is 5.28. The lowest BCUT2D eigenvalue weighted by molar-refractivity contribution is -0.384. The topological polar surface area (TPSA) is 123 Å². The van der Waals surface area contributed by atoms with E-state index in [-0.39, 0.29) is 18.7 Å². The van der Waals surface area contributed by atoms with Crippen LogP contribution in [0.2, 0.25) is 0 Å². The summed E-state index contributed by atoms with van der Waals surface area (Å²) in [5.41, 5.74) is -0.465. The minimum atomic E-state index is -0.927. The molecule has 0 aliphatic heterocycles. The van der Waals surface area contributed by atoms with Gasteiger partial charge in [-0.1, -0.05) is 0 Å². The van der Waals surface area contributed by atoms with Crippen molar-refractivity contribution in [2.75, 3.05) is 0 Å². The molecule has 2 rings (SSSR count). The molecule has 1 aromatic heterocycles. The fraction of sp³-hybridized carbons (Fsp3) is 0.286. The van der Waals surface area contributed by atoms with Gasteiger partial charge in [0, 0.05) is 30.5 Å². The number of hydrogen-bond acceptors (Lipinski definition) is 5. The number of pyridine rings is 1. The average molecular weight is 306 g/mol. The Morgan fingerprint density at radius 3 is 2.64 bits per heavy atom. The van der Waals surface area contributed by atoms with Gasteiger partial charge in [-0.15, -0.1) is 0 Å². The maximum atomic E-state index is 12.0. The summed E-state index contributed by atoms with van der Waals surface area (Å²) in [5, 5.41) is 29.6. The lowest BCUT2D eigenvalue weighted by Crippen LogP contribution is -2.20. The van der Waals surface area contributed by atoms with Crippen molar-refractivity contribution in [3.63, 3.8) is 0 Å². The van der Waals surface area contributed by atoms with E-state index >= 15 is 0 Å². The number of fused-ring (bicyclic) bond motifs is 1. The van der Waals surface area contributed by atoms with Crippen LogP contribution in [0, 0.1) is 10.1 Å². The molecular formula is C14H14N2O6. The second-order valence-corrected chi connectivity index (χ2v) is 4.84. The zero-order valence-electron chi connectivity index (χ0n) is 11.6. The van der Waals surface area contributed by atoms with Gasteiger partial charge in [-0.3, -0.25) is 19.7 Å². The molecule has 1 aromatic carbocycles. The van der Waals surface area contributed by atoms with Gasteiger partial charge in [0.1, 0.15) is 0 Å². The molecule has 0 amide bonds. The van der Waals surface area contributed by atoms with E-state index in [1.807, 2.05) is 0 Å². The number of nitro groups is 1. The Morgan fingerprint density at radius 1 is 1.27 bits per heavy atom. The monoisotopic (exact) mass is 306 g/mol. The first kappa shape index (κ1) is 15.5. The van der Waals surface area contributed by atoms with Crippen LogP contribution in [0.3, 0.4) is 0 Å². The highest BCUT2D eigenvalue weighted by Crippen LogP contribution is 2.22. The summed E-state index contributed by atoms with van der Waals surface area (Å²) in [6.07, 6.45) is 0.757. The number of aromatic hydroxyl groups is 1. The van der Waals surface area contributed by atoms with Gasteiger partial charge in [-0.05, 0) is 25.0 Å². The Balaban J connectivity index is 2.42. The van der Waals surface area contributed by atoms with Crippen LogP contribution in [0.1, 0.15) is 19.3 Å². The third-order valence-corrected chi connectivity index (χ3v) is 3.29. The Hall–Kier alpha value is -2.90. The smallest absolute Gasteiger partial charge is 0.303 e. The van der Waals surface area contributed by atoms with Gasteiger partial charge in [-0.25, -0.2) is 0 Å². The van der Waals surface area contributed by atoms with E-state index in [2.05, 4.69) is 0 Å². The third kappa shape index (κ3) is 3.22. The van der Waals surface area contributed by atoms with Gasteiger partial charge in [0.05, 0.1) is 10.4 Å². The minimum absolute atomic E-state index is 0.0222. The lowest BCUT2D eigenvalue weighted by atomic mass is 10.1. The Kier molecular flexibility index (Phi) is 4.40. The van der Waals surface area contributed by atoms with Crippen molar-refractivity contribution in [3.8, 4) is 5.75 Å². The number of aryl methyl sites for hydroxylation is 1. The lowest BCUT2D eigenvalue weighted by Gasteiger charge is -2.10. The van der Waals surface area contributed by atoms with E-state index in [1.165, 1.54) is 28.8 Å². The molecule has 0 saturated carbocycles. The molecule has 0 aliphatic rings. The first-order valence-electron chi connectivity index (χ1n) is 6.63. The molecule has 0 aliphatic carbocycles. The van der Waals surface area contributed by atoms with Crippen LogP contribution >= 0.6 is 0 Å². The number of carbonyl (C=O) groups is 1. The zero-order chi connectivity index (χ0) is 16.3. The molecule has 116 valence electrons. The number of benzene rings is 1. The Bertz CT molecular complexity index is 796. The minimum Gasteiger partial charge on any atom is -0.503 e. The van der Waals surface area contributed by atoms with Crippen molar-refractivity contribution in [2.24, 2.45) is 0 Å². The summed E-state index contributed by atoms with van der Waals surface area (Å²) in [5.74, 6) is -1.37. The van der Waals surface area contributed by atoms with Crippen LogP contribution in [0.5, 0.6) is 5.75 Å². The molecule has 8 heteroatoms. The van der Waals surface area contributed by atoms with Gasteiger partial charge >= 0.3 is 5.97 Å². The van der Waals surface area contributed by atoms with Gasteiger partial charge < -0.3 is 14.8 Å². The van der Waals surface area contributed by atoms with Crippen LogP contribution in [0.15, 0.2) is 29.1 Å². The number of carboxylic acid groups (broad SMARTS) is 1. The Morgan fingerprint density at radius 2 is 2.00 bits per heavy atom. The highest BCUT2D eigenvalue weighted by molar-refractivity contribution is 5.82. The van der Waals surface area contributed by atoms with Gasteiger partial charge in [0.25, 0.3) is 11.2 Å². The molecule has 1 heterocycles. The number of non-ortho nitro benzene ring substituents is 1. The normalized spacial score (nSPS) is 10.7. The molecule has 2 aromatic rings. The summed E-state index contributed by atoms with van der Waals surface area (Å²) in [4.78, 5) is 32.8. The fourth-order valence-electron chi connectivity index (χ4n) is 2.23. The average Bonchev–Trinajstić information content (AvgIpc) is 2.46. The van der Waals surface area contributed by atoms with Crippen molar-refractivity contribution in [3.05, 3.63) is 44.7 Å². The van der Waals surface area contributed by atoms with Crippen molar-refractivity contribution < 1.29 is 19.9 Å². The third-order valence-electron chi connectivity index (χ3n) is 3.29. The molecule has 0 atom stereocenters. The Labute approximate surface area is 124 Å². The number of hydrogen-bond donors (Lipinski definition) is 2. The van der Waals surface area contributed by atoms with Gasteiger partial charge in [0.2, 0.25) is 0 Å². The number of aliphatic carboxylic acids is 1. The van der Waals surface area contributed by atoms with Crippen LogP contribution in [-0.2, 0) is 11.3 Å². The SMILES string of the molecule is O=C(O)CCCCn1c(=O)c(O)cc2ccc([N+](=O)[O-])cc21. The number of unbranched alkanes of at least 4 members (excludes halogenated alkanes) is 1. The molecule has 22 heavy (non-hydrogen) atoms. The van der Waals surface area contributed by atoms with E-state index in [0.717, 1.165) is 0 Å². The molecular weight excluding hydrogens is 292 g/mol. The van der Waals surface area contributed by atoms with E-state index in [1.54, 1.807) is 0 Å². The predicted molar refractivity (Wildman–Crippen MR) is 78.0 cm³/mol. The molecule has 0 saturated heterocycles. The number of aromatic nitrogens is 1. The maximum absolute atomic E-state index is 12.0. The van der Waals surface area contributed by atoms with Crippen molar-refractivity contribution in [2.45, 2.75) is 25.8 Å². The molecule has 2 N–H and O–H groups in total. The standard InChI is InChI=1S/C14H14N2O6/c17-12-7-9-4-5-10(16(21)22)8-11(9)15(14(12)20)6-2-1-3-13(18)19/h4-5,7-8,17H,1-3,6H2,(H,18,19). The number of nitrogens with zero attached hydrogens (tertiary/aromatic N) is 2. The fourth-order valence-corrected chi connectivity index (χ4v) is 2.23. The van der Waals surface area contributed by atoms with E-state index in [4.69, 9.17) is 5.11 Å². The maximum Gasteiger partial charge on any atom is 0.303 e. The van der Waals surface area contributed by atoms with E-state index in [9.17, 15) is 24.8 Å². The second-order valence-electron chi connectivity index (χ2n) is 4.84. The van der Waals surface area contributed by atoms with Gasteiger partial charge in [0.15, 0.2) is 5.75 Å². The number of carboxylic acids is 1. The second kappa shape index (κ2) is 6.25. The van der Waals surface area contributed by atoms with Crippen LogP contribution in [0.4, 0.5) is 5.69 Å². The van der Waals surface area contributed by atoms with E-state index < -0.39 is 22.2 Å². The molecule has 0 spiro atoms. The predicted octanol–water partition coefficient (Wildman–Crippen LogP) is 1.87. The van der Waals surface area contributed by atoms with Crippen LogP contribution in [0.25, 0.3) is 10.9 Å². The summed E-state index contributed by atoms with van der Waals surface area (Å²) < 4.78 is 1.24. The van der Waals surface area contributed by atoms with Crippen molar-refractivity contribution in [1.29, 1.82) is 0 Å². The highest BCUT2D eigenvalue weighted by atomic mass is 16.6. The largest absolute Gasteiger partial charge is 0.503 e. The van der Waals surface area contributed by atoms with Gasteiger partial charge in [-0.2, -0.15) is 0 Å². The zero-order valence-corrected chi connectivity index (χ0v) is 11.6. The molecule has 8 nitrogen and oxygen atoms in total. The summed E-state index contributed by atoms with van der Waals surface area (Å²) in [6.45, 7) is 0.179. The number of nitro benzene ring substituents is 1. The van der Waals surface area contributed by atoms with Crippen LogP contribution < -0.4 is 5.56 Å². The highest BCUT2D eigenvalue weighted by Gasteiger charge is 2.13. The molecule has 0 radical (unpaired) electrons. The quantitative estimate of drug-likeness (QED) is 0.477. The molecule has 0 bridgehead atoms. The molecule has 0 fully saturated rings. The van der Waals surface area contributed by atoms with E-state index in [0.29, 0.717) is 23.7 Å². The first-order valence-corrected chi connectivity index (χ1v) is 6.63. The molecule has 0 unspecified atom stereocenters. The van der Waals surface area contributed by atoms with Crippen LogP contribution in [-0.4, -0.2) is 25.7 Å². The first-order chi connectivity index (χ1) is 10.4. The number of rotatable bonds is 6. The van der Waals surface area contributed by atoms with Crippen molar-refractivity contribution in [1.82, 2.24) is 4.57 Å². The summed E-state index contributed by atoms with van der Waals surface area (Å²) in [7, 11) is 0. The summed E-state index contributed by atoms with van der Waals surface area (Å²) >= 11 is 0.